The lowest BCUT2D eigenvalue weighted by Crippen LogP contribution is -2.30. The number of rotatable bonds is 3. The lowest BCUT2D eigenvalue weighted by atomic mass is 9.63. The van der Waals surface area contributed by atoms with E-state index in [0.29, 0.717) is 10.8 Å². The fourth-order valence-corrected chi connectivity index (χ4v) is 5.94. The molecule has 0 spiro atoms. The first-order valence-electron chi connectivity index (χ1n) is 14.4. The summed E-state index contributed by atoms with van der Waals surface area (Å²) >= 11 is 0. The summed E-state index contributed by atoms with van der Waals surface area (Å²) in [5.74, 6) is 2.24. The standard InChI is InChI=1S/C13H24.C11H22.3C2H6/c1-3-7-12(8-4-1)11-13-9-5-2-6-10-13;1-5-11(4)8-6-7-10(2,3)9-11;3*1-2/h12-13H,1-11H2;5-9H2,1-4H3;3*1-2H3. The first-order valence-corrected chi connectivity index (χ1v) is 14.4. The average Bonchev–Trinajstić information content (AvgIpc) is 2.79. The number of hydrogen-bond donors (Lipinski definition) is 0. The van der Waals surface area contributed by atoms with E-state index in [0.717, 1.165) is 11.8 Å². The smallest absolute Gasteiger partial charge is 0.0323 e. The van der Waals surface area contributed by atoms with Gasteiger partial charge in [-0.2, -0.15) is 0 Å². The predicted molar refractivity (Wildman–Crippen MR) is 142 cm³/mol. The molecule has 0 nitrogen and oxygen atoms in total. The predicted octanol–water partition coefficient (Wildman–Crippen LogP) is 11.6. The van der Waals surface area contributed by atoms with Gasteiger partial charge in [0.25, 0.3) is 0 Å². The molecule has 0 amide bonds. The van der Waals surface area contributed by atoms with Crippen LogP contribution in [0.4, 0.5) is 0 Å². The molecule has 0 radical (unpaired) electrons. The third kappa shape index (κ3) is 14.9. The van der Waals surface area contributed by atoms with Crippen molar-refractivity contribution in [2.75, 3.05) is 0 Å². The molecule has 0 heterocycles. The van der Waals surface area contributed by atoms with Crippen molar-refractivity contribution in [3.05, 3.63) is 0 Å². The minimum absolute atomic E-state index is 0.614. The van der Waals surface area contributed by atoms with Gasteiger partial charge in [0, 0.05) is 0 Å². The van der Waals surface area contributed by atoms with Crippen molar-refractivity contribution in [2.24, 2.45) is 22.7 Å². The Hall–Kier alpha value is 0. The molecule has 3 aliphatic carbocycles. The van der Waals surface area contributed by atoms with E-state index in [1.165, 1.54) is 70.6 Å². The Morgan fingerprint density at radius 2 is 0.967 bits per heavy atom. The van der Waals surface area contributed by atoms with Crippen LogP contribution in [-0.2, 0) is 0 Å². The van der Waals surface area contributed by atoms with Crippen molar-refractivity contribution < 1.29 is 0 Å². The third-order valence-electron chi connectivity index (χ3n) is 7.51. The van der Waals surface area contributed by atoms with E-state index >= 15 is 0 Å². The maximum atomic E-state index is 2.45. The highest BCUT2D eigenvalue weighted by atomic mass is 14.4. The highest BCUT2D eigenvalue weighted by Gasteiger charge is 2.34. The molecule has 3 fully saturated rings. The first-order chi connectivity index (χ1) is 14.4. The summed E-state index contributed by atoms with van der Waals surface area (Å²) in [7, 11) is 0. The fraction of sp³-hybridized carbons (Fsp3) is 1.00. The molecule has 0 N–H and O–H groups in total. The Morgan fingerprint density at radius 3 is 1.27 bits per heavy atom. The molecule has 0 aromatic heterocycles. The van der Waals surface area contributed by atoms with E-state index in [4.69, 9.17) is 0 Å². The fourth-order valence-electron chi connectivity index (χ4n) is 5.94. The van der Waals surface area contributed by atoms with Crippen molar-refractivity contribution in [2.45, 2.75) is 172 Å². The van der Waals surface area contributed by atoms with Gasteiger partial charge >= 0.3 is 0 Å². The molecule has 3 aliphatic rings. The summed E-state index contributed by atoms with van der Waals surface area (Å²) in [5.41, 5.74) is 1.27. The normalized spacial score (nSPS) is 26.2. The van der Waals surface area contributed by atoms with Crippen LogP contribution in [0.1, 0.15) is 172 Å². The van der Waals surface area contributed by atoms with E-state index in [1.54, 1.807) is 32.1 Å². The minimum Gasteiger partial charge on any atom is -0.0683 e. The van der Waals surface area contributed by atoms with Crippen molar-refractivity contribution in [3.63, 3.8) is 0 Å². The Labute approximate surface area is 194 Å². The van der Waals surface area contributed by atoms with E-state index in [1.807, 2.05) is 41.5 Å². The monoisotopic (exact) mass is 425 g/mol. The van der Waals surface area contributed by atoms with Gasteiger partial charge in [-0.3, -0.25) is 0 Å². The highest BCUT2D eigenvalue weighted by Crippen LogP contribution is 2.47. The molecule has 0 bridgehead atoms. The second-order valence-electron chi connectivity index (χ2n) is 10.6. The molecule has 1 unspecified atom stereocenters. The Morgan fingerprint density at radius 1 is 0.567 bits per heavy atom. The average molecular weight is 425 g/mol. The summed E-state index contributed by atoms with van der Waals surface area (Å²) in [5, 5.41) is 0. The summed E-state index contributed by atoms with van der Waals surface area (Å²) < 4.78 is 0. The van der Waals surface area contributed by atoms with Gasteiger partial charge in [0.2, 0.25) is 0 Å². The molecular formula is C30H64. The van der Waals surface area contributed by atoms with Gasteiger partial charge in [0.1, 0.15) is 0 Å². The maximum Gasteiger partial charge on any atom is -0.0323 e. The van der Waals surface area contributed by atoms with Crippen molar-refractivity contribution in [1.29, 1.82) is 0 Å². The summed E-state index contributed by atoms with van der Waals surface area (Å²) in [6.07, 6.45) is 24.0. The van der Waals surface area contributed by atoms with Crippen LogP contribution in [0.25, 0.3) is 0 Å². The molecular weight excluding hydrogens is 360 g/mol. The van der Waals surface area contributed by atoms with Crippen LogP contribution < -0.4 is 0 Å². The summed E-state index contributed by atoms with van der Waals surface area (Å²) in [4.78, 5) is 0. The molecule has 3 saturated carbocycles. The van der Waals surface area contributed by atoms with Crippen molar-refractivity contribution in [1.82, 2.24) is 0 Å². The molecule has 30 heavy (non-hydrogen) atoms. The van der Waals surface area contributed by atoms with Crippen LogP contribution in [0.15, 0.2) is 0 Å². The number of hydrogen-bond acceptors (Lipinski definition) is 0. The summed E-state index contributed by atoms with van der Waals surface area (Å²) in [6.45, 7) is 21.6. The Balaban J connectivity index is 0. The summed E-state index contributed by atoms with van der Waals surface area (Å²) in [6, 6.07) is 0. The van der Waals surface area contributed by atoms with Gasteiger partial charge in [-0.05, 0) is 48.3 Å². The van der Waals surface area contributed by atoms with Crippen molar-refractivity contribution >= 4 is 0 Å². The highest BCUT2D eigenvalue weighted by molar-refractivity contribution is 4.86. The molecule has 0 saturated heterocycles. The molecule has 3 rings (SSSR count). The molecule has 184 valence electrons. The molecule has 0 aromatic carbocycles. The van der Waals surface area contributed by atoms with Gasteiger partial charge in [-0.25, -0.2) is 0 Å². The van der Waals surface area contributed by atoms with E-state index in [2.05, 4.69) is 27.7 Å². The lowest BCUT2D eigenvalue weighted by molar-refractivity contribution is 0.0957. The second-order valence-corrected chi connectivity index (χ2v) is 10.6. The zero-order valence-electron chi connectivity index (χ0n) is 23.5. The molecule has 0 heteroatoms. The van der Waals surface area contributed by atoms with Crippen LogP contribution >= 0.6 is 0 Å². The van der Waals surface area contributed by atoms with Crippen LogP contribution in [0.3, 0.4) is 0 Å². The third-order valence-corrected chi connectivity index (χ3v) is 7.51. The zero-order valence-corrected chi connectivity index (χ0v) is 23.5. The maximum absolute atomic E-state index is 2.45. The molecule has 0 aromatic rings. The SMILES string of the molecule is C1CCC(CC2CCCCC2)CC1.CC.CC.CC.CCC1(C)CCCC(C)(C)C1. The van der Waals surface area contributed by atoms with E-state index in [-0.39, 0.29) is 0 Å². The Kier molecular flexibility index (Phi) is 21.1. The van der Waals surface area contributed by atoms with Crippen LogP contribution in [0.5, 0.6) is 0 Å². The van der Waals surface area contributed by atoms with Gasteiger partial charge in [-0.1, -0.05) is 146 Å². The molecule has 1 atom stereocenters. The van der Waals surface area contributed by atoms with Crippen LogP contribution in [-0.4, -0.2) is 0 Å². The quantitative estimate of drug-likeness (QED) is 0.422. The van der Waals surface area contributed by atoms with Gasteiger partial charge in [0.05, 0.1) is 0 Å². The van der Waals surface area contributed by atoms with E-state index in [9.17, 15) is 0 Å². The lowest BCUT2D eigenvalue weighted by Gasteiger charge is -2.42. The zero-order chi connectivity index (χ0) is 23.5. The van der Waals surface area contributed by atoms with Gasteiger partial charge in [-0.15, -0.1) is 0 Å². The second kappa shape index (κ2) is 19.7. The van der Waals surface area contributed by atoms with Gasteiger partial charge in [0.15, 0.2) is 0 Å². The van der Waals surface area contributed by atoms with Crippen molar-refractivity contribution in [3.8, 4) is 0 Å². The van der Waals surface area contributed by atoms with Crippen LogP contribution in [0.2, 0.25) is 0 Å². The van der Waals surface area contributed by atoms with E-state index < -0.39 is 0 Å². The van der Waals surface area contributed by atoms with Gasteiger partial charge < -0.3 is 0 Å². The largest absolute Gasteiger partial charge is 0.0683 e. The van der Waals surface area contributed by atoms with Crippen LogP contribution in [0, 0.1) is 22.7 Å². The first kappa shape index (κ1) is 32.2. The Bertz CT molecular complexity index is 314. The minimum atomic E-state index is 0.614. The molecule has 0 aliphatic heterocycles. The topological polar surface area (TPSA) is 0 Å².